The van der Waals surface area contributed by atoms with Gasteiger partial charge in [0.1, 0.15) is 11.2 Å². The lowest BCUT2D eigenvalue weighted by Crippen LogP contribution is -2.21. The SMILES string of the molecule is O=c1c2cn(-c3ccccc3)nc2nc(-c2ccc(Br)cc2F)n1-c1ccc(Cl)cc1. The second kappa shape index (κ2) is 7.76. The summed E-state index contributed by atoms with van der Waals surface area (Å²) in [5.74, 6) is -0.353. The molecule has 5 rings (SSSR count). The van der Waals surface area contributed by atoms with Gasteiger partial charge in [0.25, 0.3) is 5.56 Å². The Kier molecular flexibility index (Phi) is 4.92. The minimum absolute atomic E-state index is 0.156. The Bertz CT molecular complexity index is 1480. The summed E-state index contributed by atoms with van der Waals surface area (Å²) in [6, 6.07) is 20.7. The Labute approximate surface area is 189 Å². The standard InChI is InChI=1S/C23H13BrClFN4O/c24-14-6-11-18(20(26)12-14)22-27-21-19(13-29(28-21)16-4-2-1-3-5-16)23(31)30(22)17-9-7-15(25)8-10-17/h1-13H. The van der Waals surface area contributed by atoms with Crippen molar-refractivity contribution in [1.82, 2.24) is 19.3 Å². The molecular weight excluding hydrogens is 483 g/mol. The zero-order chi connectivity index (χ0) is 21.5. The Morgan fingerprint density at radius 3 is 2.39 bits per heavy atom. The van der Waals surface area contributed by atoms with Crippen LogP contribution in [0.3, 0.4) is 0 Å². The van der Waals surface area contributed by atoms with Gasteiger partial charge in [-0.25, -0.2) is 14.1 Å². The van der Waals surface area contributed by atoms with E-state index >= 15 is 0 Å². The predicted molar refractivity (Wildman–Crippen MR) is 123 cm³/mol. The molecular formula is C23H13BrClFN4O. The summed E-state index contributed by atoms with van der Waals surface area (Å²) in [4.78, 5) is 18.1. The number of hydrogen-bond donors (Lipinski definition) is 0. The molecule has 0 saturated heterocycles. The molecule has 0 spiro atoms. The molecule has 152 valence electrons. The maximum Gasteiger partial charge on any atom is 0.269 e. The molecule has 0 N–H and O–H groups in total. The average Bonchev–Trinajstić information content (AvgIpc) is 3.20. The van der Waals surface area contributed by atoms with Crippen molar-refractivity contribution in [2.75, 3.05) is 0 Å². The molecule has 2 aromatic heterocycles. The normalized spacial score (nSPS) is 11.2. The third-order valence-corrected chi connectivity index (χ3v) is 5.57. The van der Waals surface area contributed by atoms with Crippen molar-refractivity contribution in [2.45, 2.75) is 0 Å². The van der Waals surface area contributed by atoms with Crippen molar-refractivity contribution in [1.29, 1.82) is 0 Å². The molecule has 0 fully saturated rings. The molecule has 8 heteroatoms. The molecule has 31 heavy (non-hydrogen) atoms. The monoisotopic (exact) mass is 494 g/mol. The van der Waals surface area contributed by atoms with Gasteiger partial charge in [0.05, 0.1) is 16.9 Å². The van der Waals surface area contributed by atoms with E-state index in [0.717, 1.165) is 5.69 Å². The van der Waals surface area contributed by atoms with Crippen LogP contribution < -0.4 is 5.56 Å². The summed E-state index contributed by atoms with van der Waals surface area (Å²) in [5, 5.41) is 5.31. The second-order valence-electron chi connectivity index (χ2n) is 6.82. The molecule has 5 nitrogen and oxygen atoms in total. The van der Waals surface area contributed by atoms with Crippen LogP contribution in [0.15, 0.2) is 88.3 Å². The van der Waals surface area contributed by atoms with Gasteiger partial charge in [-0.15, -0.1) is 5.10 Å². The van der Waals surface area contributed by atoms with E-state index in [1.54, 1.807) is 47.3 Å². The van der Waals surface area contributed by atoms with Gasteiger partial charge in [-0.1, -0.05) is 45.7 Å². The van der Waals surface area contributed by atoms with Crippen LogP contribution in [0.25, 0.3) is 33.8 Å². The summed E-state index contributed by atoms with van der Waals surface area (Å²) in [7, 11) is 0. The zero-order valence-electron chi connectivity index (χ0n) is 15.8. The Morgan fingerprint density at radius 2 is 1.68 bits per heavy atom. The van der Waals surface area contributed by atoms with Crippen molar-refractivity contribution < 1.29 is 4.39 Å². The Balaban J connectivity index is 1.83. The summed E-state index contributed by atoms with van der Waals surface area (Å²) in [5.41, 5.74) is 1.37. The highest BCUT2D eigenvalue weighted by Crippen LogP contribution is 2.27. The van der Waals surface area contributed by atoms with E-state index in [4.69, 9.17) is 11.6 Å². The molecule has 0 bridgehead atoms. The average molecular weight is 496 g/mol. The highest BCUT2D eigenvalue weighted by atomic mass is 79.9. The van der Waals surface area contributed by atoms with Gasteiger partial charge in [-0.05, 0) is 54.6 Å². The maximum absolute atomic E-state index is 14.9. The van der Waals surface area contributed by atoms with Crippen molar-refractivity contribution >= 4 is 38.6 Å². The van der Waals surface area contributed by atoms with Gasteiger partial charge in [-0.3, -0.25) is 9.36 Å². The first-order valence-corrected chi connectivity index (χ1v) is 10.5. The third kappa shape index (κ3) is 3.56. The van der Waals surface area contributed by atoms with Crippen molar-refractivity contribution in [3.05, 3.63) is 105 Å². The van der Waals surface area contributed by atoms with Gasteiger partial charge in [0.15, 0.2) is 11.5 Å². The molecule has 0 aliphatic carbocycles. The molecule has 0 unspecified atom stereocenters. The lowest BCUT2D eigenvalue weighted by Gasteiger charge is -2.13. The molecule has 0 aliphatic heterocycles. The number of nitrogens with zero attached hydrogens (tertiary/aromatic N) is 4. The molecule has 0 aliphatic rings. The third-order valence-electron chi connectivity index (χ3n) is 4.83. The topological polar surface area (TPSA) is 52.7 Å². The van der Waals surface area contributed by atoms with Crippen LogP contribution in [0, 0.1) is 5.82 Å². The van der Waals surface area contributed by atoms with Gasteiger partial charge in [-0.2, -0.15) is 0 Å². The fourth-order valence-corrected chi connectivity index (χ4v) is 3.82. The van der Waals surface area contributed by atoms with E-state index < -0.39 is 5.82 Å². The van der Waals surface area contributed by atoms with Crippen LogP contribution in [0.4, 0.5) is 4.39 Å². The van der Waals surface area contributed by atoms with E-state index in [9.17, 15) is 9.18 Å². The summed E-state index contributed by atoms with van der Waals surface area (Å²) in [6.45, 7) is 0. The number of rotatable bonds is 3. The molecule has 0 saturated carbocycles. The smallest absolute Gasteiger partial charge is 0.268 e. The quantitative estimate of drug-likeness (QED) is 0.318. The molecule has 5 aromatic rings. The Hall–Kier alpha value is -3.29. The number of hydrogen-bond acceptors (Lipinski definition) is 3. The minimum atomic E-state index is -0.508. The van der Waals surface area contributed by atoms with Crippen LogP contribution in [0.1, 0.15) is 0 Å². The van der Waals surface area contributed by atoms with Crippen LogP contribution in [0.5, 0.6) is 0 Å². The van der Waals surface area contributed by atoms with E-state index in [0.29, 0.717) is 20.6 Å². The minimum Gasteiger partial charge on any atom is -0.268 e. The lowest BCUT2D eigenvalue weighted by molar-refractivity contribution is 0.628. The van der Waals surface area contributed by atoms with Crippen LogP contribution in [-0.2, 0) is 0 Å². The highest BCUT2D eigenvalue weighted by molar-refractivity contribution is 9.10. The molecule has 0 atom stereocenters. The van der Waals surface area contributed by atoms with Crippen LogP contribution >= 0.6 is 27.5 Å². The molecule has 0 radical (unpaired) electrons. The number of fused-ring (bicyclic) bond motifs is 1. The second-order valence-corrected chi connectivity index (χ2v) is 8.18. The molecule has 2 heterocycles. The van der Waals surface area contributed by atoms with Crippen molar-refractivity contribution in [2.24, 2.45) is 0 Å². The highest BCUT2D eigenvalue weighted by Gasteiger charge is 2.20. The zero-order valence-corrected chi connectivity index (χ0v) is 18.2. The van der Waals surface area contributed by atoms with Crippen LogP contribution in [-0.4, -0.2) is 19.3 Å². The fraction of sp³-hybridized carbons (Fsp3) is 0. The Morgan fingerprint density at radius 1 is 0.935 bits per heavy atom. The van der Waals surface area contributed by atoms with E-state index in [2.05, 4.69) is 26.0 Å². The predicted octanol–water partition coefficient (Wildman–Crippen LogP) is 5.79. The number of halogens is 3. The molecule has 0 amide bonds. The fourth-order valence-electron chi connectivity index (χ4n) is 3.36. The van der Waals surface area contributed by atoms with E-state index in [1.165, 1.54) is 10.6 Å². The molecule has 3 aromatic carbocycles. The van der Waals surface area contributed by atoms with Gasteiger partial charge >= 0.3 is 0 Å². The largest absolute Gasteiger partial charge is 0.269 e. The van der Waals surface area contributed by atoms with Crippen molar-refractivity contribution in [3.8, 4) is 22.8 Å². The van der Waals surface area contributed by atoms with E-state index in [-0.39, 0.29) is 22.6 Å². The number of benzene rings is 3. The van der Waals surface area contributed by atoms with Gasteiger partial charge < -0.3 is 0 Å². The van der Waals surface area contributed by atoms with Gasteiger partial charge in [0.2, 0.25) is 0 Å². The number of aromatic nitrogens is 4. The lowest BCUT2D eigenvalue weighted by atomic mass is 10.1. The maximum atomic E-state index is 14.9. The van der Waals surface area contributed by atoms with E-state index in [1.807, 2.05) is 30.3 Å². The first kappa shape index (κ1) is 19.7. The van der Waals surface area contributed by atoms with Crippen molar-refractivity contribution in [3.63, 3.8) is 0 Å². The number of para-hydroxylation sites is 1. The first-order chi connectivity index (χ1) is 15.0. The summed E-state index contributed by atoms with van der Waals surface area (Å²) >= 11 is 9.29. The summed E-state index contributed by atoms with van der Waals surface area (Å²) in [6.07, 6.45) is 1.63. The van der Waals surface area contributed by atoms with Gasteiger partial charge in [0, 0.05) is 15.7 Å². The first-order valence-electron chi connectivity index (χ1n) is 9.30. The van der Waals surface area contributed by atoms with Crippen LogP contribution in [0.2, 0.25) is 5.02 Å². The summed E-state index contributed by atoms with van der Waals surface area (Å²) < 4.78 is 18.4.